The first kappa shape index (κ1) is 18.7. The number of halogens is 1. The van der Waals surface area contributed by atoms with Crippen LogP contribution in [0, 0.1) is 6.92 Å². The summed E-state index contributed by atoms with van der Waals surface area (Å²) in [6, 6.07) is 16.6. The van der Waals surface area contributed by atoms with Gasteiger partial charge in [0.05, 0.1) is 10.7 Å². The van der Waals surface area contributed by atoms with Gasteiger partial charge in [0, 0.05) is 31.5 Å². The number of anilines is 4. The van der Waals surface area contributed by atoms with Gasteiger partial charge in [0.15, 0.2) is 0 Å². The van der Waals surface area contributed by atoms with Crippen LogP contribution < -0.4 is 15.5 Å². The van der Waals surface area contributed by atoms with Crippen LogP contribution >= 0.6 is 11.6 Å². The van der Waals surface area contributed by atoms with Crippen molar-refractivity contribution in [3.63, 3.8) is 0 Å². The molecule has 0 aliphatic heterocycles. The number of nitrogens with one attached hydrogen (secondary N) is 2. The van der Waals surface area contributed by atoms with Crippen LogP contribution in [0.2, 0.25) is 5.02 Å². The Kier molecular flexibility index (Phi) is 5.57. The predicted octanol–water partition coefficient (Wildman–Crippen LogP) is 4.50. The van der Waals surface area contributed by atoms with E-state index in [0.717, 1.165) is 11.4 Å². The molecule has 1 heterocycles. The van der Waals surface area contributed by atoms with Crippen LogP contribution in [-0.2, 0) is 0 Å². The number of benzene rings is 2. The smallest absolute Gasteiger partial charge is 0.274 e. The van der Waals surface area contributed by atoms with Crippen molar-refractivity contribution < 1.29 is 4.79 Å². The Morgan fingerprint density at radius 1 is 1.04 bits per heavy atom. The van der Waals surface area contributed by atoms with Gasteiger partial charge >= 0.3 is 0 Å². The molecule has 3 rings (SSSR count). The van der Waals surface area contributed by atoms with Crippen molar-refractivity contribution in [1.29, 1.82) is 0 Å². The van der Waals surface area contributed by atoms with Gasteiger partial charge in [-0.1, -0.05) is 23.7 Å². The molecule has 7 heteroatoms. The molecule has 0 saturated carbocycles. The summed E-state index contributed by atoms with van der Waals surface area (Å²) in [6.07, 6.45) is 0. The van der Waals surface area contributed by atoms with E-state index in [2.05, 4.69) is 20.6 Å². The zero-order chi connectivity index (χ0) is 19.4. The number of aromatic nitrogens is 2. The Labute approximate surface area is 163 Å². The fourth-order valence-corrected chi connectivity index (χ4v) is 2.67. The molecule has 0 fully saturated rings. The normalized spacial score (nSPS) is 10.4. The average molecular weight is 382 g/mol. The van der Waals surface area contributed by atoms with Crippen LogP contribution in [0.5, 0.6) is 0 Å². The number of carbonyl (C=O) groups excluding carboxylic acids is 1. The number of carbonyl (C=O) groups is 1. The lowest BCUT2D eigenvalue weighted by atomic mass is 10.2. The first-order chi connectivity index (χ1) is 12.9. The monoisotopic (exact) mass is 381 g/mol. The van der Waals surface area contributed by atoms with Crippen LogP contribution in [0.3, 0.4) is 0 Å². The molecule has 1 aromatic heterocycles. The van der Waals surface area contributed by atoms with Crippen LogP contribution in [-0.4, -0.2) is 30.0 Å². The molecule has 0 spiro atoms. The summed E-state index contributed by atoms with van der Waals surface area (Å²) in [5, 5.41) is 6.44. The fraction of sp³-hybridized carbons (Fsp3) is 0.150. The molecule has 0 radical (unpaired) electrons. The van der Waals surface area contributed by atoms with Gasteiger partial charge in [-0.2, -0.15) is 0 Å². The summed E-state index contributed by atoms with van der Waals surface area (Å²) in [4.78, 5) is 23.2. The van der Waals surface area contributed by atoms with Crippen molar-refractivity contribution >= 4 is 40.4 Å². The summed E-state index contributed by atoms with van der Waals surface area (Å²) >= 11 is 6.10. The van der Waals surface area contributed by atoms with Crippen LogP contribution in [0.15, 0.2) is 54.6 Å². The minimum absolute atomic E-state index is 0.259. The molecule has 0 aliphatic rings. The molecule has 3 aromatic rings. The Balaban J connectivity index is 1.79. The number of nitrogens with zero attached hydrogens (tertiary/aromatic N) is 3. The summed E-state index contributed by atoms with van der Waals surface area (Å²) in [5.41, 5.74) is 2.76. The molecular formula is C20H20ClN5O. The molecule has 0 atom stereocenters. The summed E-state index contributed by atoms with van der Waals surface area (Å²) in [7, 11) is 3.97. The Morgan fingerprint density at radius 3 is 2.41 bits per heavy atom. The fourth-order valence-electron chi connectivity index (χ4n) is 2.49. The third-order valence-electron chi connectivity index (χ3n) is 3.85. The maximum absolute atomic E-state index is 12.5. The number of amides is 1. The molecule has 0 aliphatic carbocycles. The molecule has 0 bridgehead atoms. The molecule has 0 saturated heterocycles. The standard InChI is InChI=1S/C20H20ClN5O/c1-13-22-18(20(27)25-17-7-5-4-6-16(17)21)12-19(23-13)24-14-8-10-15(11-9-14)26(2)3/h4-12H,1-3H3,(H,25,27)(H,22,23,24). The van der Waals surface area contributed by atoms with E-state index in [1.807, 2.05) is 43.3 Å². The third-order valence-corrected chi connectivity index (χ3v) is 4.18. The van der Waals surface area contributed by atoms with E-state index in [1.165, 1.54) is 0 Å². The van der Waals surface area contributed by atoms with Crippen LogP contribution in [0.1, 0.15) is 16.3 Å². The maximum atomic E-state index is 12.5. The van der Waals surface area contributed by atoms with Crippen LogP contribution in [0.25, 0.3) is 0 Å². The van der Waals surface area contributed by atoms with Gasteiger partial charge in [-0.15, -0.1) is 0 Å². The maximum Gasteiger partial charge on any atom is 0.274 e. The highest BCUT2D eigenvalue weighted by atomic mass is 35.5. The van der Waals surface area contributed by atoms with Gasteiger partial charge in [0.25, 0.3) is 5.91 Å². The molecule has 27 heavy (non-hydrogen) atoms. The van der Waals surface area contributed by atoms with Crippen molar-refractivity contribution in [1.82, 2.24) is 9.97 Å². The lowest BCUT2D eigenvalue weighted by Crippen LogP contribution is -2.15. The highest BCUT2D eigenvalue weighted by Crippen LogP contribution is 2.22. The van der Waals surface area contributed by atoms with Gasteiger partial charge in [-0.05, 0) is 43.3 Å². The molecule has 1 amide bonds. The highest BCUT2D eigenvalue weighted by Gasteiger charge is 2.12. The van der Waals surface area contributed by atoms with Gasteiger partial charge in [0.2, 0.25) is 0 Å². The quantitative estimate of drug-likeness (QED) is 0.680. The minimum Gasteiger partial charge on any atom is -0.378 e. The van der Waals surface area contributed by atoms with Gasteiger partial charge in [-0.3, -0.25) is 4.79 Å². The van der Waals surface area contributed by atoms with E-state index in [0.29, 0.717) is 22.4 Å². The van der Waals surface area contributed by atoms with Gasteiger partial charge in [-0.25, -0.2) is 9.97 Å². The van der Waals surface area contributed by atoms with E-state index in [-0.39, 0.29) is 11.6 Å². The zero-order valence-corrected chi connectivity index (χ0v) is 16.1. The largest absolute Gasteiger partial charge is 0.378 e. The second kappa shape index (κ2) is 8.05. The average Bonchev–Trinajstić information content (AvgIpc) is 2.63. The van der Waals surface area contributed by atoms with Crippen molar-refractivity contribution in [3.8, 4) is 0 Å². The van der Waals surface area contributed by atoms with Gasteiger partial charge in [0.1, 0.15) is 17.3 Å². The topological polar surface area (TPSA) is 70.2 Å². The third kappa shape index (κ3) is 4.74. The van der Waals surface area contributed by atoms with E-state index in [4.69, 9.17) is 11.6 Å². The van der Waals surface area contributed by atoms with Crippen molar-refractivity contribution in [2.75, 3.05) is 29.6 Å². The summed E-state index contributed by atoms with van der Waals surface area (Å²) < 4.78 is 0. The van der Waals surface area contributed by atoms with Gasteiger partial charge < -0.3 is 15.5 Å². The van der Waals surface area contributed by atoms with E-state index >= 15 is 0 Å². The van der Waals surface area contributed by atoms with Crippen molar-refractivity contribution in [2.45, 2.75) is 6.92 Å². The number of hydrogen-bond donors (Lipinski definition) is 2. The summed E-state index contributed by atoms with van der Waals surface area (Å²) in [6.45, 7) is 1.74. The van der Waals surface area contributed by atoms with E-state index < -0.39 is 0 Å². The SMILES string of the molecule is Cc1nc(Nc2ccc(N(C)C)cc2)cc(C(=O)Nc2ccccc2Cl)n1. The molecule has 138 valence electrons. The molecule has 2 aromatic carbocycles. The predicted molar refractivity (Wildman–Crippen MR) is 110 cm³/mol. The van der Waals surface area contributed by atoms with E-state index in [9.17, 15) is 4.79 Å². The molecular weight excluding hydrogens is 362 g/mol. The molecule has 6 nitrogen and oxygen atoms in total. The Morgan fingerprint density at radius 2 is 1.74 bits per heavy atom. The second-order valence-electron chi connectivity index (χ2n) is 6.19. The molecule has 0 unspecified atom stereocenters. The summed E-state index contributed by atoms with van der Waals surface area (Å²) in [5.74, 6) is 0.693. The lowest BCUT2D eigenvalue weighted by molar-refractivity contribution is 0.102. The Bertz CT molecular complexity index is 957. The van der Waals surface area contributed by atoms with E-state index in [1.54, 1.807) is 37.3 Å². The first-order valence-electron chi connectivity index (χ1n) is 8.38. The lowest BCUT2D eigenvalue weighted by Gasteiger charge is -2.13. The van der Waals surface area contributed by atoms with Crippen molar-refractivity contribution in [3.05, 3.63) is 71.1 Å². The first-order valence-corrected chi connectivity index (χ1v) is 8.76. The van der Waals surface area contributed by atoms with Crippen molar-refractivity contribution in [2.24, 2.45) is 0 Å². The Hall–Kier alpha value is -3.12. The molecule has 2 N–H and O–H groups in total. The zero-order valence-electron chi connectivity index (χ0n) is 15.3. The highest BCUT2D eigenvalue weighted by molar-refractivity contribution is 6.33. The minimum atomic E-state index is -0.348. The number of aryl methyl sites for hydroxylation is 1. The second-order valence-corrected chi connectivity index (χ2v) is 6.59. The number of rotatable bonds is 5. The van der Waals surface area contributed by atoms with Crippen LogP contribution in [0.4, 0.5) is 22.9 Å². The number of hydrogen-bond acceptors (Lipinski definition) is 5. The number of para-hydroxylation sites is 1.